The van der Waals surface area contributed by atoms with Crippen molar-refractivity contribution in [3.63, 3.8) is 0 Å². The molecule has 0 amide bonds. The summed E-state index contributed by atoms with van der Waals surface area (Å²) in [6.07, 6.45) is 2.08. The summed E-state index contributed by atoms with van der Waals surface area (Å²) in [5, 5.41) is 9.30. The van der Waals surface area contributed by atoms with Gasteiger partial charge in [-0.2, -0.15) is 0 Å². The summed E-state index contributed by atoms with van der Waals surface area (Å²) in [7, 11) is 2.02. The van der Waals surface area contributed by atoms with Crippen LogP contribution in [0.25, 0.3) is 0 Å². The first-order valence-electron chi connectivity index (χ1n) is 6.89. The normalized spacial score (nSPS) is 28.9. The number of carboxylic acid groups (broad SMARTS) is 1. The lowest BCUT2D eigenvalue weighted by molar-refractivity contribution is -0.143. The number of hydrogen-bond acceptors (Lipinski definition) is 3. The van der Waals surface area contributed by atoms with Crippen LogP contribution in [0.2, 0.25) is 0 Å². The Hall–Kier alpha value is -0.910. The summed E-state index contributed by atoms with van der Waals surface area (Å²) in [5.41, 5.74) is 2.67. The standard InChI is InChI=1S/C15H18BrNO3/c1-17(14-8-20-7-11(14)15(18)19)13-6-5-9-10(13)3-2-4-12(9)16/h2-4,11,13-14H,5-8H2,1H3,(H,18,19). The average molecular weight is 340 g/mol. The Kier molecular flexibility index (Phi) is 3.84. The van der Waals surface area contributed by atoms with Crippen LogP contribution < -0.4 is 0 Å². The molecule has 1 aliphatic carbocycles. The van der Waals surface area contributed by atoms with Gasteiger partial charge in [0.25, 0.3) is 0 Å². The third-order valence-corrected chi connectivity index (χ3v) is 5.31. The lowest BCUT2D eigenvalue weighted by atomic mass is 9.99. The molecule has 0 bridgehead atoms. The first kappa shape index (κ1) is 14.0. The topological polar surface area (TPSA) is 49.8 Å². The smallest absolute Gasteiger partial charge is 0.310 e. The number of likely N-dealkylation sites (N-methyl/N-ethyl adjacent to an activating group) is 1. The monoisotopic (exact) mass is 339 g/mol. The van der Waals surface area contributed by atoms with Crippen molar-refractivity contribution in [2.75, 3.05) is 20.3 Å². The minimum atomic E-state index is -0.758. The van der Waals surface area contributed by atoms with Crippen molar-refractivity contribution in [2.45, 2.75) is 24.9 Å². The number of carboxylic acids is 1. The van der Waals surface area contributed by atoms with E-state index in [4.69, 9.17) is 4.74 Å². The first-order valence-corrected chi connectivity index (χ1v) is 7.68. The van der Waals surface area contributed by atoms with E-state index in [0.29, 0.717) is 13.2 Å². The molecular formula is C15H18BrNO3. The minimum Gasteiger partial charge on any atom is -0.481 e. The Bertz CT molecular complexity index is 534. The van der Waals surface area contributed by atoms with Gasteiger partial charge in [-0.3, -0.25) is 9.69 Å². The fourth-order valence-corrected chi connectivity index (χ4v) is 4.00. The van der Waals surface area contributed by atoms with Gasteiger partial charge in [-0.1, -0.05) is 28.1 Å². The molecule has 0 spiro atoms. The van der Waals surface area contributed by atoms with Crippen LogP contribution in [0.5, 0.6) is 0 Å². The second-order valence-corrected chi connectivity index (χ2v) is 6.43. The van der Waals surface area contributed by atoms with Gasteiger partial charge >= 0.3 is 5.97 Å². The van der Waals surface area contributed by atoms with Crippen LogP contribution in [0.4, 0.5) is 0 Å². The lowest BCUT2D eigenvalue weighted by Gasteiger charge is -2.32. The zero-order valence-corrected chi connectivity index (χ0v) is 13.0. The van der Waals surface area contributed by atoms with Gasteiger partial charge in [0, 0.05) is 16.6 Å². The second kappa shape index (κ2) is 5.47. The van der Waals surface area contributed by atoms with Gasteiger partial charge < -0.3 is 9.84 Å². The van der Waals surface area contributed by atoms with Crippen molar-refractivity contribution in [3.05, 3.63) is 33.8 Å². The Morgan fingerprint density at radius 1 is 1.45 bits per heavy atom. The molecule has 1 aromatic carbocycles. The maximum atomic E-state index is 11.3. The van der Waals surface area contributed by atoms with Crippen molar-refractivity contribution in [1.82, 2.24) is 4.90 Å². The van der Waals surface area contributed by atoms with Gasteiger partial charge in [0.2, 0.25) is 0 Å². The minimum absolute atomic E-state index is 0.0394. The molecule has 0 aromatic heterocycles. The molecule has 20 heavy (non-hydrogen) atoms. The molecule has 1 heterocycles. The summed E-state index contributed by atoms with van der Waals surface area (Å²) >= 11 is 3.61. The first-order chi connectivity index (χ1) is 9.59. The molecule has 1 aromatic rings. The van der Waals surface area contributed by atoms with E-state index < -0.39 is 11.9 Å². The van der Waals surface area contributed by atoms with Gasteiger partial charge in [-0.25, -0.2) is 0 Å². The van der Waals surface area contributed by atoms with E-state index >= 15 is 0 Å². The third kappa shape index (κ3) is 2.28. The number of nitrogens with zero attached hydrogens (tertiary/aromatic N) is 1. The molecule has 2 aliphatic rings. The molecule has 3 atom stereocenters. The molecule has 4 nitrogen and oxygen atoms in total. The highest BCUT2D eigenvalue weighted by molar-refractivity contribution is 9.10. The van der Waals surface area contributed by atoms with E-state index in [2.05, 4.69) is 39.0 Å². The molecule has 1 aliphatic heterocycles. The SMILES string of the molecule is CN(C1CCc2c(Br)cccc21)C1COCC1C(=O)O. The van der Waals surface area contributed by atoms with Crippen molar-refractivity contribution in [3.8, 4) is 0 Å². The summed E-state index contributed by atoms with van der Waals surface area (Å²) in [5.74, 6) is -1.18. The largest absolute Gasteiger partial charge is 0.481 e. The average Bonchev–Trinajstić information content (AvgIpc) is 3.05. The number of aliphatic carboxylic acids is 1. The maximum absolute atomic E-state index is 11.3. The van der Waals surface area contributed by atoms with Crippen LogP contribution in [0.15, 0.2) is 22.7 Å². The Labute approximate surface area is 126 Å². The Morgan fingerprint density at radius 2 is 2.25 bits per heavy atom. The van der Waals surface area contributed by atoms with E-state index in [1.807, 2.05) is 7.05 Å². The fourth-order valence-electron chi connectivity index (χ4n) is 3.42. The predicted octanol–water partition coefficient (Wildman–Crippen LogP) is 2.47. The van der Waals surface area contributed by atoms with E-state index in [9.17, 15) is 9.90 Å². The third-order valence-electron chi connectivity index (χ3n) is 4.56. The molecule has 1 fully saturated rings. The molecular weight excluding hydrogens is 322 g/mol. The number of rotatable bonds is 3. The number of hydrogen-bond donors (Lipinski definition) is 1. The van der Waals surface area contributed by atoms with Crippen LogP contribution >= 0.6 is 15.9 Å². The van der Waals surface area contributed by atoms with E-state index in [-0.39, 0.29) is 12.1 Å². The van der Waals surface area contributed by atoms with Gasteiger partial charge in [0.15, 0.2) is 0 Å². The van der Waals surface area contributed by atoms with Crippen molar-refractivity contribution >= 4 is 21.9 Å². The molecule has 1 N–H and O–H groups in total. The summed E-state index contributed by atoms with van der Waals surface area (Å²) in [6.45, 7) is 0.829. The lowest BCUT2D eigenvalue weighted by Crippen LogP contribution is -2.42. The number of halogens is 1. The highest BCUT2D eigenvalue weighted by Crippen LogP contribution is 2.40. The van der Waals surface area contributed by atoms with Crippen LogP contribution in [-0.2, 0) is 16.0 Å². The van der Waals surface area contributed by atoms with E-state index in [1.54, 1.807) is 0 Å². The van der Waals surface area contributed by atoms with Crippen molar-refractivity contribution < 1.29 is 14.6 Å². The maximum Gasteiger partial charge on any atom is 0.310 e. The Morgan fingerprint density at radius 3 is 3.00 bits per heavy atom. The molecule has 3 unspecified atom stereocenters. The number of carbonyl (C=O) groups is 1. The van der Waals surface area contributed by atoms with Crippen molar-refractivity contribution in [1.29, 1.82) is 0 Å². The number of ether oxygens (including phenoxy) is 1. The Balaban J connectivity index is 1.85. The van der Waals surface area contributed by atoms with Crippen LogP contribution in [0.3, 0.4) is 0 Å². The van der Waals surface area contributed by atoms with Gasteiger partial charge in [0.05, 0.1) is 19.1 Å². The van der Waals surface area contributed by atoms with Gasteiger partial charge in [-0.15, -0.1) is 0 Å². The molecule has 0 saturated carbocycles. The zero-order chi connectivity index (χ0) is 14.3. The van der Waals surface area contributed by atoms with Gasteiger partial charge in [-0.05, 0) is 37.1 Å². The zero-order valence-electron chi connectivity index (χ0n) is 11.4. The van der Waals surface area contributed by atoms with E-state index in [0.717, 1.165) is 17.3 Å². The van der Waals surface area contributed by atoms with Crippen LogP contribution in [0, 0.1) is 5.92 Å². The predicted molar refractivity (Wildman–Crippen MR) is 78.7 cm³/mol. The molecule has 3 rings (SSSR count). The highest BCUT2D eigenvalue weighted by Gasteiger charge is 2.40. The van der Waals surface area contributed by atoms with Crippen LogP contribution in [-0.4, -0.2) is 42.3 Å². The summed E-state index contributed by atoms with van der Waals surface area (Å²) < 4.78 is 6.55. The number of benzene rings is 1. The van der Waals surface area contributed by atoms with Crippen molar-refractivity contribution in [2.24, 2.45) is 5.92 Å². The van der Waals surface area contributed by atoms with E-state index in [1.165, 1.54) is 11.1 Å². The second-order valence-electron chi connectivity index (χ2n) is 5.58. The fraction of sp³-hybridized carbons (Fsp3) is 0.533. The summed E-state index contributed by atoms with van der Waals surface area (Å²) in [4.78, 5) is 13.5. The highest BCUT2D eigenvalue weighted by atomic mass is 79.9. The molecule has 1 saturated heterocycles. The summed E-state index contributed by atoms with van der Waals surface area (Å²) in [6, 6.07) is 6.52. The molecule has 108 valence electrons. The quantitative estimate of drug-likeness (QED) is 0.918. The molecule has 0 radical (unpaired) electrons. The van der Waals surface area contributed by atoms with Gasteiger partial charge in [0.1, 0.15) is 0 Å². The molecule has 5 heteroatoms. The number of fused-ring (bicyclic) bond motifs is 1. The van der Waals surface area contributed by atoms with Crippen LogP contribution in [0.1, 0.15) is 23.6 Å².